The van der Waals surface area contributed by atoms with Crippen molar-refractivity contribution >= 4 is 6.09 Å². The highest BCUT2D eigenvalue weighted by molar-refractivity contribution is 5.67. The van der Waals surface area contributed by atoms with Crippen molar-refractivity contribution in [3.05, 3.63) is 18.7 Å². The van der Waals surface area contributed by atoms with Gasteiger partial charge in [-0.05, 0) is 25.2 Å². The third-order valence-corrected chi connectivity index (χ3v) is 4.46. The predicted octanol–water partition coefficient (Wildman–Crippen LogP) is 2.51. The van der Waals surface area contributed by atoms with Gasteiger partial charge in [-0.3, -0.25) is 0 Å². The van der Waals surface area contributed by atoms with Crippen LogP contribution in [0.3, 0.4) is 0 Å². The second-order valence-corrected chi connectivity index (χ2v) is 7.30. The molecule has 1 aromatic heterocycles. The SMILES string of the molecule is CCOC(=O)N1CCC(N[C@H](Cn2ccnc2)C(C)(C)C)CC1. The summed E-state index contributed by atoms with van der Waals surface area (Å²) < 4.78 is 7.20. The van der Waals surface area contributed by atoms with E-state index in [2.05, 4.69) is 35.6 Å². The number of likely N-dealkylation sites (tertiary alicyclic amines) is 1. The van der Waals surface area contributed by atoms with Crippen molar-refractivity contribution in [2.24, 2.45) is 5.41 Å². The predicted molar refractivity (Wildman–Crippen MR) is 90.2 cm³/mol. The number of rotatable bonds is 5. The molecule has 0 aromatic carbocycles. The smallest absolute Gasteiger partial charge is 0.409 e. The molecular formula is C17H30N4O2. The average molecular weight is 322 g/mol. The lowest BCUT2D eigenvalue weighted by molar-refractivity contribution is 0.0911. The number of nitrogens with zero attached hydrogens (tertiary/aromatic N) is 3. The standard InChI is InChI=1S/C17H30N4O2/c1-5-23-16(22)21-9-6-14(7-10-21)19-15(17(2,3)4)12-20-11-8-18-13-20/h8,11,13-15,19H,5-7,9-10,12H2,1-4H3/t15-/m1/s1. The summed E-state index contributed by atoms with van der Waals surface area (Å²) in [4.78, 5) is 17.7. The first-order chi connectivity index (χ1) is 10.9. The Morgan fingerprint density at radius 3 is 2.61 bits per heavy atom. The van der Waals surface area contributed by atoms with Crippen LogP contribution >= 0.6 is 0 Å². The average Bonchev–Trinajstić information content (AvgIpc) is 3.00. The molecule has 0 bridgehead atoms. The first-order valence-corrected chi connectivity index (χ1v) is 8.53. The third-order valence-electron chi connectivity index (χ3n) is 4.46. The van der Waals surface area contributed by atoms with Gasteiger partial charge in [0.2, 0.25) is 0 Å². The Bertz CT molecular complexity index is 473. The van der Waals surface area contributed by atoms with Crippen molar-refractivity contribution in [2.75, 3.05) is 19.7 Å². The minimum absolute atomic E-state index is 0.155. The lowest BCUT2D eigenvalue weighted by Gasteiger charge is -2.38. The van der Waals surface area contributed by atoms with Gasteiger partial charge in [0.1, 0.15) is 0 Å². The Morgan fingerprint density at radius 1 is 1.39 bits per heavy atom. The van der Waals surface area contributed by atoms with E-state index in [0.29, 0.717) is 18.7 Å². The summed E-state index contributed by atoms with van der Waals surface area (Å²) in [5, 5.41) is 3.80. The van der Waals surface area contributed by atoms with Crippen molar-refractivity contribution < 1.29 is 9.53 Å². The number of hydrogen-bond acceptors (Lipinski definition) is 4. The van der Waals surface area contributed by atoms with Crippen LogP contribution in [0.15, 0.2) is 18.7 Å². The van der Waals surface area contributed by atoms with E-state index < -0.39 is 0 Å². The van der Waals surface area contributed by atoms with E-state index in [1.54, 1.807) is 0 Å². The van der Waals surface area contributed by atoms with Gasteiger partial charge in [0.05, 0.1) is 12.9 Å². The van der Waals surface area contributed by atoms with Gasteiger partial charge in [-0.15, -0.1) is 0 Å². The summed E-state index contributed by atoms with van der Waals surface area (Å²) in [6.07, 6.45) is 7.44. The van der Waals surface area contributed by atoms with E-state index in [9.17, 15) is 4.79 Å². The Labute approximate surface area is 139 Å². The lowest BCUT2D eigenvalue weighted by Crippen LogP contribution is -2.52. The fraction of sp³-hybridized carbons (Fsp3) is 0.765. The number of aromatic nitrogens is 2. The van der Waals surface area contributed by atoms with Crippen LogP contribution in [-0.4, -0.2) is 52.3 Å². The van der Waals surface area contributed by atoms with Crippen molar-refractivity contribution in [3.8, 4) is 0 Å². The minimum atomic E-state index is -0.184. The van der Waals surface area contributed by atoms with Crippen LogP contribution in [0.4, 0.5) is 4.79 Å². The Kier molecular flexibility index (Phi) is 6.04. The summed E-state index contributed by atoms with van der Waals surface area (Å²) in [5.74, 6) is 0. The number of carbonyl (C=O) groups is 1. The first-order valence-electron chi connectivity index (χ1n) is 8.53. The molecule has 0 saturated carbocycles. The highest BCUT2D eigenvalue weighted by Crippen LogP contribution is 2.23. The number of carbonyl (C=O) groups excluding carboxylic acids is 1. The van der Waals surface area contributed by atoms with Crippen LogP contribution in [-0.2, 0) is 11.3 Å². The van der Waals surface area contributed by atoms with Crippen molar-refractivity contribution in [1.29, 1.82) is 0 Å². The number of imidazole rings is 1. The molecule has 1 aliphatic heterocycles. The summed E-state index contributed by atoms with van der Waals surface area (Å²) in [6, 6.07) is 0.796. The fourth-order valence-electron chi connectivity index (χ4n) is 2.91. The quantitative estimate of drug-likeness (QED) is 0.905. The molecule has 23 heavy (non-hydrogen) atoms. The van der Waals surface area contributed by atoms with E-state index in [-0.39, 0.29) is 11.5 Å². The van der Waals surface area contributed by atoms with Gasteiger partial charge in [0, 0.05) is 44.1 Å². The number of amides is 1. The van der Waals surface area contributed by atoms with Crippen LogP contribution in [0.25, 0.3) is 0 Å². The van der Waals surface area contributed by atoms with Gasteiger partial charge in [-0.2, -0.15) is 0 Å². The van der Waals surface area contributed by atoms with Gasteiger partial charge in [-0.25, -0.2) is 9.78 Å². The maximum absolute atomic E-state index is 11.8. The van der Waals surface area contributed by atoms with Gasteiger partial charge in [-0.1, -0.05) is 20.8 Å². The number of hydrogen-bond donors (Lipinski definition) is 1. The molecule has 0 spiro atoms. The molecule has 1 amide bonds. The molecule has 0 radical (unpaired) electrons. The molecule has 0 unspecified atom stereocenters. The highest BCUT2D eigenvalue weighted by atomic mass is 16.6. The Morgan fingerprint density at radius 2 is 2.09 bits per heavy atom. The molecule has 1 aliphatic rings. The number of nitrogens with one attached hydrogen (secondary N) is 1. The second-order valence-electron chi connectivity index (χ2n) is 7.30. The summed E-state index contributed by atoms with van der Waals surface area (Å²) in [6.45, 7) is 11.5. The Hall–Kier alpha value is -1.56. The zero-order chi connectivity index (χ0) is 16.9. The first kappa shape index (κ1) is 17.8. The molecule has 1 N–H and O–H groups in total. The number of ether oxygens (including phenoxy) is 1. The summed E-state index contributed by atoms with van der Waals surface area (Å²) >= 11 is 0. The van der Waals surface area contributed by atoms with Gasteiger partial charge in [0.15, 0.2) is 0 Å². The van der Waals surface area contributed by atoms with E-state index >= 15 is 0 Å². The molecule has 1 saturated heterocycles. The normalized spacial score (nSPS) is 18.0. The van der Waals surface area contributed by atoms with Crippen LogP contribution in [0.5, 0.6) is 0 Å². The topological polar surface area (TPSA) is 59.4 Å². The zero-order valence-electron chi connectivity index (χ0n) is 14.8. The minimum Gasteiger partial charge on any atom is -0.450 e. The molecular weight excluding hydrogens is 292 g/mol. The fourth-order valence-corrected chi connectivity index (χ4v) is 2.91. The van der Waals surface area contributed by atoms with Crippen LogP contribution in [0.2, 0.25) is 0 Å². The van der Waals surface area contributed by atoms with Crippen molar-refractivity contribution in [1.82, 2.24) is 19.8 Å². The van der Waals surface area contributed by atoms with E-state index in [0.717, 1.165) is 32.5 Å². The molecule has 6 nitrogen and oxygen atoms in total. The van der Waals surface area contributed by atoms with Gasteiger partial charge in [0.25, 0.3) is 0 Å². The molecule has 1 fully saturated rings. The highest BCUT2D eigenvalue weighted by Gasteiger charge is 2.30. The second kappa shape index (κ2) is 7.81. The van der Waals surface area contributed by atoms with E-state index in [1.807, 2.05) is 30.5 Å². The van der Waals surface area contributed by atoms with Crippen molar-refractivity contribution in [2.45, 2.75) is 59.2 Å². The van der Waals surface area contributed by atoms with Gasteiger partial charge >= 0.3 is 6.09 Å². The monoisotopic (exact) mass is 322 g/mol. The van der Waals surface area contributed by atoms with Gasteiger partial charge < -0.3 is 19.5 Å². The zero-order valence-corrected chi connectivity index (χ0v) is 14.8. The van der Waals surface area contributed by atoms with E-state index in [4.69, 9.17) is 4.74 Å². The van der Waals surface area contributed by atoms with E-state index in [1.165, 1.54) is 0 Å². The summed E-state index contributed by atoms with van der Waals surface area (Å²) in [7, 11) is 0. The largest absolute Gasteiger partial charge is 0.450 e. The maximum atomic E-state index is 11.8. The lowest BCUT2D eigenvalue weighted by atomic mass is 9.85. The summed E-state index contributed by atoms with van der Waals surface area (Å²) in [5.41, 5.74) is 0.155. The third kappa shape index (κ3) is 5.23. The Balaban J connectivity index is 1.87. The molecule has 2 heterocycles. The van der Waals surface area contributed by atoms with Crippen LogP contribution in [0.1, 0.15) is 40.5 Å². The van der Waals surface area contributed by atoms with Crippen molar-refractivity contribution in [3.63, 3.8) is 0 Å². The molecule has 1 atom stereocenters. The molecule has 6 heteroatoms. The molecule has 0 aliphatic carbocycles. The van der Waals surface area contributed by atoms with Crippen LogP contribution < -0.4 is 5.32 Å². The molecule has 130 valence electrons. The van der Waals surface area contributed by atoms with Crippen LogP contribution in [0, 0.1) is 5.41 Å². The molecule has 2 rings (SSSR count). The molecule has 1 aromatic rings. The number of piperidine rings is 1. The maximum Gasteiger partial charge on any atom is 0.409 e.